The quantitative estimate of drug-likeness (QED) is 0.671. The van der Waals surface area contributed by atoms with Crippen molar-refractivity contribution in [2.24, 2.45) is 12.9 Å². The summed E-state index contributed by atoms with van der Waals surface area (Å²) in [5, 5.41) is 4.11. The summed E-state index contributed by atoms with van der Waals surface area (Å²) in [6, 6.07) is 6.48. The van der Waals surface area contributed by atoms with Crippen molar-refractivity contribution in [3.05, 3.63) is 52.0 Å². The van der Waals surface area contributed by atoms with Gasteiger partial charge in [-0.15, -0.1) is 0 Å². The van der Waals surface area contributed by atoms with Gasteiger partial charge in [0, 0.05) is 17.7 Å². The van der Waals surface area contributed by atoms with Gasteiger partial charge in [-0.3, -0.25) is 16.0 Å². The van der Waals surface area contributed by atoms with Crippen LogP contribution in [0.15, 0.2) is 34.9 Å². The van der Waals surface area contributed by atoms with Crippen LogP contribution in [0.1, 0.15) is 17.3 Å². The summed E-state index contributed by atoms with van der Waals surface area (Å²) in [6.45, 7) is 0. The van der Waals surface area contributed by atoms with Crippen LogP contribution < -0.4 is 11.3 Å². The standard InChI is InChI=1S/C12H14BrFN4/c1-18-12(4-5-16-18)11(17-15)6-8-2-3-9(14)7-10(8)13/h2-5,7,11,17H,6,15H2,1H3. The molecule has 1 unspecified atom stereocenters. The van der Waals surface area contributed by atoms with E-state index in [0.717, 1.165) is 15.7 Å². The van der Waals surface area contributed by atoms with Gasteiger partial charge in [0.25, 0.3) is 0 Å². The van der Waals surface area contributed by atoms with Crippen LogP contribution in [0.4, 0.5) is 4.39 Å². The van der Waals surface area contributed by atoms with Crippen molar-refractivity contribution in [2.75, 3.05) is 0 Å². The van der Waals surface area contributed by atoms with Crippen molar-refractivity contribution in [2.45, 2.75) is 12.5 Å². The summed E-state index contributed by atoms with van der Waals surface area (Å²) >= 11 is 3.36. The second-order valence-corrected chi connectivity index (χ2v) is 4.89. The molecule has 1 aromatic heterocycles. The topological polar surface area (TPSA) is 55.9 Å². The van der Waals surface area contributed by atoms with Crippen LogP contribution in [-0.4, -0.2) is 9.78 Å². The summed E-state index contributed by atoms with van der Waals surface area (Å²) < 4.78 is 15.5. The fourth-order valence-electron chi connectivity index (χ4n) is 1.88. The number of nitrogens with zero attached hydrogens (tertiary/aromatic N) is 2. The number of hydrogen-bond acceptors (Lipinski definition) is 3. The summed E-state index contributed by atoms with van der Waals surface area (Å²) in [5.74, 6) is 5.32. The van der Waals surface area contributed by atoms with E-state index in [9.17, 15) is 4.39 Å². The lowest BCUT2D eigenvalue weighted by Gasteiger charge is -2.17. The Bertz CT molecular complexity index is 541. The SMILES string of the molecule is Cn1nccc1C(Cc1ccc(F)cc1Br)NN. The van der Waals surface area contributed by atoms with Crippen LogP contribution in [0.5, 0.6) is 0 Å². The lowest BCUT2D eigenvalue weighted by Crippen LogP contribution is -2.31. The number of rotatable bonds is 4. The number of hydrogen-bond donors (Lipinski definition) is 2. The number of nitrogens with one attached hydrogen (secondary N) is 1. The molecule has 0 radical (unpaired) electrons. The molecule has 1 atom stereocenters. The maximum atomic E-state index is 13.0. The first-order valence-electron chi connectivity index (χ1n) is 5.49. The van der Waals surface area contributed by atoms with Gasteiger partial charge in [0.2, 0.25) is 0 Å². The molecule has 6 heteroatoms. The zero-order valence-corrected chi connectivity index (χ0v) is 11.5. The van der Waals surface area contributed by atoms with E-state index in [4.69, 9.17) is 5.84 Å². The van der Waals surface area contributed by atoms with Crippen LogP contribution in [0.3, 0.4) is 0 Å². The van der Waals surface area contributed by atoms with Crippen molar-refractivity contribution in [3.8, 4) is 0 Å². The molecule has 0 bridgehead atoms. The number of nitrogens with two attached hydrogens (primary N) is 1. The van der Waals surface area contributed by atoms with E-state index in [0.29, 0.717) is 6.42 Å². The maximum absolute atomic E-state index is 13.0. The van der Waals surface area contributed by atoms with Crippen LogP contribution in [-0.2, 0) is 13.5 Å². The van der Waals surface area contributed by atoms with E-state index < -0.39 is 0 Å². The number of aryl methyl sites for hydroxylation is 1. The lowest BCUT2D eigenvalue weighted by molar-refractivity contribution is 0.507. The van der Waals surface area contributed by atoms with Gasteiger partial charge in [-0.25, -0.2) is 4.39 Å². The van der Waals surface area contributed by atoms with Crippen molar-refractivity contribution >= 4 is 15.9 Å². The van der Waals surface area contributed by atoms with Gasteiger partial charge >= 0.3 is 0 Å². The molecule has 0 aliphatic heterocycles. The molecule has 0 amide bonds. The summed E-state index contributed by atoms with van der Waals surface area (Å²) in [7, 11) is 1.86. The second kappa shape index (κ2) is 5.60. The fourth-order valence-corrected chi connectivity index (χ4v) is 2.39. The molecule has 0 fully saturated rings. The highest BCUT2D eigenvalue weighted by atomic mass is 79.9. The Morgan fingerprint density at radius 2 is 2.28 bits per heavy atom. The Balaban J connectivity index is 2.23. The highest BCUT2D eigenvalue weighted by Gasteiger charge is 2.15. The minimum absolute atomic E-state index is 0.0701. The normalized spacial score (nSPS) is 12.7. The summed E-state index contributed by atoms with van der Waals surface area (Å²) in [4.78, 5) is 0. The van der Waals surface area contributed by atoms with E-state index in [-0.39, 0.29) is 11.9 Å². The molecule has 4 nitrogen and oxygen atoms in total. The minimum Gasteiger partial charge on any atom is -0.271 e. The van der Waals surface area contributed by atoms with E-state index in [1.165, 1.54) is 12.1 Å². The smallest absolute Gasteiger partial charge is 0.124 e. The van der Waals surface area contributed by atoms with Gasteiger partial charge in [0.05, 0.1) is 11.7 Å². The third-order valence-electron chi connectivity index (χ3n) is 2.86. The first-order valence-corrected chi connectivity index (χ1v) is 6.29. The molecule has 0 saturated heterocycles. The lowest BCUT2D eigenvalue weighted by atomic mass is 10.0. The van der Waals surface area contributed by atoms with E-state index in [2.05, 4.69) is 26.5 Å². The Labute approximate surface area is 113 Å². The minimum atomic E-state index is -0.261. The van der Waals surface area contributed by atoms with Crippen molar-refractivity contribution < 1.29 is 4.39 Å². The summed E-state index contributed by atoms with van der Waals surface area (Å²) in [6.07, 6.45) is 2.37. The molecule has 96 valence electrons. The van der Waals surface area contributed by atoms with Crippen LogP contribution >= 0.6 is 15.9 Å². The molecule has 1 heterocycles. The van der Waals surface area contributed by atoms with E-state index in [1.54, 1.807) is 16.9 Å². The van der Waals surface area contributed by atoms with Crippen molar-refractivity contribution in [1.29, 1.82) is 0 Å². The van der Waals surface area contributed by atoms with E-state index >= 15 is 0 Å². The van der Waals surface area contributed by atoms with Gasteiger partial charge in [-0.1, -0.05) is 22.0 Å². The molecular formula is C12H14BrFN4. The molecule has 2 aromatic rings. The molecular weight excluding hydrogens is 299 g/mol. The van der Waals surface area contributed by atoms with Gasteiger partial charge in [0.1, 0.15) is 5.82 Å². The van der Waals surface area contributed by atoms with E-state index in [1.807, 2.05) is 13.1 Å². The Hall–Kier alpha value is -1.24. The first kappa shape index (κ1) is 13.2. The van der Waals surface area contributed by atoms with Crippen LogP contribution in [0, 0.1) is 5.82 Å². The molecule has 1 aromatic carbocycles. The Morgan fingerprint density at radius 3 is 2.83 bits per heavy atom. The number of halogens is 2. The molecule has 0 spiro atoms. The van der Waals surface area contributed by atoms with Crippen molar-refractivity contribution in [1.82, 2.24) is 15.2 Å². The number of hydrazine groups is 1. The average molecular weight is 313 g/mol. The molecule has 18 heavy (non-hydrogen) atoms. The molecule has 0 aliphatic rings. The Kier molecular flexibility index (Phi) is 4.11. The zero-order valence-electron chi connectivity index (χ0n) is 9.90. The van der Waals surface area contributed by atoms with Gasteiger partial charge in [-0.2, -0.15) is 5.10 Å². The molecule has 0 aliphatic carbocycles. The van der Waals surface area contributed by atoms with Crippen LogP contribution in [0.2, 0.25) is 0 Å². The highest BCUT2D eigenvalue weighted by molar-refractivity contribution is 9.10. The zero-order chi connectivity index (χ0) is 13.1. The second-order valence-electron chi connectivity index (χ2n) is 4.04. The van der Waals surface area contributed by atoms with Crippen LogP contribution in [0.25, 0.3) is 0 Å². The fraction of sp³-hybridized carbons (Fsp3) is 0.250. The predicted octanol–water partition coefficient (Wildman–Crippen LogP) is 2.07. The highest BCUT2D eigenvalue weighted by Crippen LogP contribution is 2.24. The van der Waals surface area contributed by atoms with Gasteiger partial charge in [0.15, 0.2) is 0 Å². The predicted molar refractivity (Wildman–Crippen MR) is 71.1 cm³/mol. The van der Waals surface area contributed by atoms with Gasteiger partial charge < -0.3 is 0 Å². The largest absolute Gasteiger partial charge is 0.271 e. The third kappa shape index (κ3) is 2.77. The summed E-state index contributed by atoms with van der Waals surface area (Å²) in [5.41, 5.74) is 4.73. The first-order chi connectivity index (χ1) is 8.61. The Morgan fingerprint density at radius 1 is 1.50 bits per heavy atom. The third-order valence-corrected chi connectivity index (χ3v) is 3.59. The molecule has 3 N–H and O–H groups in total. The monoisotopic (exact) mass is 312 g/mol. The van der Waals surface area contributed by atoms with Crippen molar-refractivity contribution in [3.63, 3.8) is 0 Å². The average Bonchev–Trinajstić information content (AvgIpc) is 2.75. The number of aromatic nitrogens is 2. The molecule has 0 saturated carbocycles. The molecule has 2 rings (SSSR count). The maximum Gasteiger partial charge on any atom is 0.124 e. The van der Waals surface area contributed by atoms with Gasteiger partial charge in [-0.05, 0) is 30.2 Å². The number of benzene rings is 1.